The van der Waals surface area contributed by atoms with E-state index in [-0.39, 0.29) is 11.8 Å². The van der Waals surface area contributed by atoms with Crippen LogP contribution in [0.3, 0.4) is 0 Å². The van der Waals surface area contributed by atoms with Gasteiger partial charge in [0, 0.05) is 6.54 Å². The number of nitrogens with one attached hydrogen (secondary N) is 2. The van der Waals surface area contributed by atoms with Gasteiger partial charge in [0.15, 0.2) is 11.5 Å². The summed E-state index contributed by atoms with van der Waals surface area (Å²) in [6, 6.07) is 0. The van der Waals surface area contributed by atoms with Crippen LogP contribution in [0.1, 0.15) is 19.8 Å². The summed E-state index contributed by atoms with van der Waals surface area (Å²) < 4.78 is 11.9. The molecule has 0 radical (unpaired) electrons. The summed E-state index contributed by atoms with van der Waals surface area (Å²) in [5.74, 6) is 0.968. The molecule has 2 atom stereocenters. The number of aromatic amines is 1. The van der Waals surface area contributed by atoms with Crippen LogP contribution in [-0.4, -0.2) is 55.6 Å². The van der Waals surface area contributed by atoms with Crippen LogP contribution in [0.5, 0.6) is 0 Å². The van der Waals surface area contributed by atoms with E-state index in [1.807, 2.05) is 6.92 Å². The van der Waals surface area contributed by atoms with E-state index in [1.165, 1.54) is 6.33 Å². The van der Waals surface area contributed by atoms with Gasteiger partial charge in [-0.25, -0.2) is 9.37 Å². The molecule has 2 aromatic heterocycles. The van der Waals surface area contributed by atoms with Crippen molar-refractivity contribution in [3.05, 3.63) is 11.6 Å². The maximum Gasteiger partial charge on any atom is 0.226 e. The first-order valence-corrected chi connectivity index (χ1v) is 7.41. The van der Waals surface area contributed by atoms with Gasteiger partial charge in [-0.1, -0.05) is 6.92 Å². The van der Waals surface area contributed by atoms with Crippen molar-refractivity contribution >= 4 is 28.6 Å². The summed E-state index contributed by atoms with van der Waals surface area (Å²) in [5.41, 5.74) is 1.09. The number of nitrogens with zero attached hydrogens (tertiary/aromatic N) is 3. The largest absolute Gasteiger partial charge is 0.390 e. The van der Waals surface area contributed by atoms with Gasteiger partial charge in [-0.2, -0.15) is 9.97 Å². The van der Waals surface area contributed by atoms with Crippen LogP contribution < -0.4 is 5.32 Å². The second kappa shape index (κ2) is 7.66. The fraction of sp³-hybridized carbons (Fsp3) is 0.615. The lowest BCUT2D eigenvalue weighted by molar-refractivity contribution is 0.0438. The molecule has 0 spiro atoms. The van der Waals surface area contributed by atoms with E-state index in [0.29, 0.717) is 22.9 Å². The zero-order chi connectivity index (χ0) is 16.1. The van der Waals surface area contributed by atoms with Gasteiger partial charge in [-0.05, 0) is 30.4 Å². The van der Waals surface area contributed by atoms with Crippen LogP contribution in [0.4, 0.5) is 10.2 Å². The second-order valence-electron chi connectivity index (χ2n) is 5.27. The number of rotatable bonds is 3. The van der Waals surface area contributed by atoms with Crippen molar-refractivity contribution in [2.45, 2.75) is 32.0 Å². The summed E-state index contributed by atoms with van der Waals surface area (Å²) in [7, 11) is 0. The highest BCUT2D eigenvalue weighted by Crippen LogP contribution is 2.24. The smallest absolute Gasteiger partial charge is 0.226 e. The molecule has 0 amide bonds. The monoisotopic (exact) mass is 331 g/mol. The van der Waals surface area contributed by atoms with Gasteiger partial charge in [0.1, 0.15) is 12.2 Å². The number of aliphatic hydroxyl groups excluding tert-OH is 2. The average Bonchev–Trinajstić information content (AvgIpc) is 3.03. The molecule has 122 valence electrons. The van der Waals surface area contributed by atoms with Crippen LogP contribution in [-0.2, 0) is 0 Å². The summed E-state index contributed by atoms with van der Waals surface area (Å²) in [5, 5.41) is 20.7. The first kappa shape index (κ1) is 16.9. The number of aromatic nitrogens is 4. The number of hydrogen-bond donors (Lipinski definition) is 4. The van der Waals surface area contributed by atoms with Gasteiger partial charge in [0.05, 0.1) is 18.5 Å². The Balaban J connectivity index is 0.000000188. The summed E-state index contributed by atoms with van der Waals surface area (Å²) in [6.45, 7) is 1.75. The standard InChI is InChI=1S/C7H7ClFN5.C6H12O2/c8-7-13-5(10-2-1-9)4-6(14-7)12-3-11-4;1-4-2-5(7)6(8)3-4/h3H,1-2H2,(H2,10,11,12,13,14);4-8H,2-3H2,1H3. The molecule has 0 aliphatic heterocycles. The molecule has 7 nitrogen and oxygen atoms in total. The van der Waals surface area contributed by atoms with Crippen molar-refractivity contribution < 1.29 is 14.6 Å². The van der Waals surface area contributed by atoms with Crippen LogP contribution in [0.15, 0.2) is 6.33 Å². The maximum absolute atomic E-state index is 11.9. The van der Waals surface area contributed by atoms with Crippen molar-refractivity contribution in [1.82, 2.24) is 19.9 Å². The Hall–Kier alpha value is -1.51. The van der Waals surface area contributed by atoms with Crippen molar-refractivity contribution in [2.75, 3.05) is 18.5 Å². The lowest BCUT2D eigenvalue weighted by Gasteiger charge is -2.03. The number of imidazole rings is 1. The van der Waals surface area contributed by atoms with E-state index in [2.05, 4.69) is 25.3 Å². The highest BCUT2D eigenvalue weighted by atomic mass is 35.5. The van der Waals surface area contributed by atoms with Gasteiger partial charge >= 0.3 is 0 Å². The van der Waals surface area contributed by atoms with Gasteiger partial charge < -0.3 is 20.5 Å². The van der Waals surface area contributed by atoms with E-state index >= 15 is 0 Å². The molecule has 2 aromatic rings. The van der Waals surface area contributed by atoms with Crippen LogP contribution in [0, 0.1) is 5.92 Å². The molecule has 9 heteroatoms. The normalized spacial score (nSPS) is 24.1. The molecule has 1 fully saturated rings. The van der Waals surface area contributed by atoms with E-state index < -0.39 is 18.9 Å². The van der Waals surface area contributed by atoms with E-state index in [1.54, 1.807) is 0 Å². The number of hydrogen-bond acceptors (Lipinski definition) is 6. The van der Waals surface area contributed by atoms with E-state index in [9.17, 15) is 4.39 Å². The summed E-state index contributed by atoms with van der Waals surface area (Å²) in [4.78, 5) is 14.6. The number of alkyl halides is 1. The molecule has 4 N–H and O–H groups in total. The van der Waals surface area contributed by atoms with Crippen LogP contribution in [0.2, 0.25) is 5.28 Å². The van der Waals surface area contributed by atoms with Crippen molar-refractivity contribution in [3.63, 3.8) is 0 Å². The number of aliphatic hydroxyl groups is 2. The predicted molar refractivity (Wildman–Crippen MR) is 81.6 cm³/mol. The van der Waals surface area contributed by atoms with E-state index in [0.717, 1.165) is 12.8 Å². The highest BCUT2D eigenvalue weighted by Gasteiger charge is 2.27. The molecule has 1 saturated carbocycles. The molecule has 3 rings (SSSR count). The maximum atomic E-state index is 11.9. The Morgan fingerprint density at radius 3 is 2.59 bits per heavy atom. The Bertz CT molecular complexity index is 601. The molecule has 22 heavy (non-hydrogen) atoms. The third kappa shape index (κ3) is 4.25. The van der Waals surface area contributed by atoms with Crippen LogP contribution >= 0.6 is 11.6 Å². The number of fused-ring (bicyclic) bond motifs is 1. The minimum Gasteiger partial charge on any atom is -0.390 e. The minimum atomic E-state index is -0.475. The Morgan fingerprint density at radius 2 is 2.05 bits per heavy atom. The lowest BCUT2D eigenvalue weighted by atomic mass is 10.1. The molecule has 0 aromatic carbocycles. The second-order valence-corrected chi connectivity index (χ2v) is 5.61. The lowest BCUT2D eigenvalue weighted by Crippen LogP contribution is -2.17. The van der Waals surface area contributed by atoms with Gasteiger partial charge in [-0.3, -0.25) is 0 Å². The van der Waals surface area contributed by atoms with Crippen molar-refractivity contribution in [3.8, 4) is 0 Å². The fourth-order valence-electron chi connectivity index (χ4n) is 2.34. The van der Waals surface area contributed by atoms with Crippen molar-refractivity contribution in [2.24, 2.45) is 5.92 Å². The quantitative estimate of drug-likeness (QED) is 0.635. The number of anilines is 1. The summed E-state index contributed by atoms with van der Waals surface area (Å²) in [6.07, 6.45) is 2.11. The number of halogens is 2. The van der Waals surface area contributed by atoms with Gasteiger partial charge in [-0.15, -0.1) is 0 Å². The average molecular weight is 332 g/mol. The molecule has 1 aliphatic carbocycles. The fourth-order valence-corrected chi connectivity index (χ4v) is 2.50. The predicted octanol–water partition coefficient (Wildman–Crippen LogP) is 1.53. The van der Waals surface area contributed by atoms with Crippen molar-refractivity contribution in [1.29, 1.82) is 0 Å². The Labute approximate surface area is 132 Å². The molecule has 2 heterocycles. The molecule has 1 aliphatic rings. The van der Waals surface area contributed by atoms with E-state index in [4.69, 9.17) is 21.8 Å². The first-order valence-electron chi connectivity index (χ1n) is 7.03. The molecular formula is C13H19ClFN5O2. The highest BCUT2D eigenvalue weighted by molar-refractivity contribution is 6.28. The third-order valence-corrected chi connectivity index (χ3v) is 3.55. The number of H-pyrrole nitrogens is 1. The topological polar surface area (TPSA) is 107 Å². The zero-order valence-corrected chi connectivity index (χ0v) is 12.9. The first-order chi connectivity index (χ1) is 10.5. The van der Waals surface area contributed by atoms with Gasteiger partial charge in [0.2, 0.25) is 5.28 Å². The zero-order valence-electron chi connectivity index (χ0n) is 12.1. The van der Waals surface area contributed by atoms with Crippen LogP contribution in [0.25, 0.3) is 11.2 Å². The van der Waals surface area contributed by atoms with Gasteiger partial charge in [0.25, 0.3) is 0 Å². The third-order valence-electron chi connectivity index (χ3n) is 3.38. The Morgan fingerprint density at radius 1 is 1.36 bits per heavy atom. The molecular weight excluding hydrogens is 313 g/mol. The molecule has 0 bridgehead atoms. The molecule has 0 saturated heterocycles. The Kier molecular flexibility index (Phi) is 5.87. The summed E-state index contributed by atoms with van der Waals surface area (Å²) >= 11 is 5.65. The minimum absolute atomic E-state index is 0.0889. The molecule has 2 unspecified atom stereocenters. The SMILES string of the molecule is CC1CC(O)C(O)C1.FCCNc1nc(Cl)nc2nc[nH]c12.